The Labute approximate surface area is 190 Å². The highest BCUT2D eigenvalue weighted by molar-refractivity contribution is 6.41. The van der Waals surface area contributed by atoms with Crippen molar-refractivity contribution in [2.24, 2.45) is 0 Å². The summed E-state index contributed by atoms with van der Waals surface area (Å²) < 4.78 is 16.7. The Balaban J connectivity index is 1.98. The number of pyridine rings is 1. The van der Waals surface area contributed by atoms with Gasteiger partial charge in [0.05, 0.1) is 42.2 Å². The summed E-state index contributed by atoms with van der Waals surface area (Å²) in [7, 11) is 3.06. The van der Waals surface area contributed by atoms with Crippen LogP contribution in [0.15, 0.2) is 18.3 Å². The monoisotopic (exact) mass is 463 g/mol. The maximum absolute atomic E-state index is 6.65. The molecule has 1 aliphatic heterocycles. The van der Waals surface area contributed by atoms with Crippen molar-refractivity contribution in [3.05, 3.63) is 28.4 Å². The second kappa shape index (κ2) is 8.53. The van der Waals surface area contributed by atoms with E-state index < -0.39 is 0 Å². The molecule has 3 aromatic rings. The minimum absolute atomic E-state index is 0.0347. The lowest BCUT2D eigenvalue weighted by molar-refractivity contribution is -0.00537. The van der Waals surface area contributed by atoms with Crippen LogP contribution in [-0.4, -0.2) is 54.5 Å². The standard InChI is InChI=1S/C21H23Cl2N5O3/c1-10-8-28(9-11(2)31-10)20-19-12(7-25-21(24)27-19)5-13(26-20)16-17(22)14(29-3)6-15(30-4)18(16)23/h5-7,10-11H,8-9H2,1-4H3,(H2,24,25,27). The van der Waals surface area contributed by atoms with Crippen LogP contribution >= 0.6 is 23.2 Å². The lowest BCUT2D eigenvalue weighted by Crippen LogP contribution is -2.46. The van der Waals surface area contributed by atoms with Gasteiger partial charge in [-0.1, -0.05) is 23.2 Å². The third-order valence-corrected chi connectivity index (χ3v) is 5.87. The van der Waals surface area contributed by atoms with Crippen LogP contribution in [0.4, 0.5) is 11.8 Å². The minimum Gasteiger partial charge on any atom is -0.495 e. The van der Waals surface area contributed by atoms with Crippen LogP contribution in [0.5, 0.6) is 11.5 Å². The molecular formula is C21H23Cl2N5O3. The lowest BCUT2D eigenvalue weighted by atomic mass is 10.1. The number of methoxy groups -OCH3 is 2. The Morgan fingerprint density at radius 3 is 2.23 bits per heavy atom. The number of aromatic nitrogens is 3. The second-order valence-corrected chi connectivity index (χ2v) is 8.20. The Bertz CT molecular complexity index is 1110. The molecule has 0 spiro atoms. The number of rotatable bonds is 4. The third kappa shape index (κ3) is 4.03. The van der Waals surface area contributed by atoms with E-state index in [1.54, 1.807) is 12.3 Å². The smallest absolute Gasteiger partial charge is 0.220 e. The first-order valence-corrected chi connectivity index (χ1v) is 10.5. The molecule has 2 atom stereocenters. The molecule has 3 heterocycles. The van der Waals surface area contributed by atoms with Crippen LogP contribution in [-0.2, 0) is 4.74 Å². The molecule has 164 valence electrons. The van der Waals surface area contributed by atoms with Gasteiger partial charge in [-0.2, -0.15) is 0 Å². The number of nitrogens with two attached hydrogens (primary N) is 1. The first-order valence-electron chi connectivity index (χ1n) is 9.76. The first-order chi connectivity index (χ1) is 14.8. The van der Waals surface area contributed by atoms with Crippen LogP contribution in [0.2, 0.25) is 10.0 Å². The van der Waals surface area contributed by atoms with Gasteiger partial charge in [-0.3, -0.25) is 0 Å². The van der Waals surface area contributed by atoms with Crippen molar-refractivity contribution in [2.45, 2.75) is 26.1 Å². The van der Waals surface area contributed by atoms with Gasteiger partial charge in [-0.25, -0.2) is 15.0 Å². The average Bonchev–Trinajstić information content (AvgIpc) is 2.73. The van der Waals surface area contributed by atoms with Gasteiger partial charge < -0.3 is 24.8 Å². The normalized spacial score (nSPS) is 19.0. The molecule has 31 heavy (non-hydrogen) atoms. The molecule has 1 aliphatic rings. The molecule has 0 radical (unpaired) electrons. The SMILES string of the molecule is COc1cc(OC)c(Cl)c(-c2cc3cnc(N)nc3c(N3CC(C)OC(C)C3)n2)c1Cl. The van der Waals surface area contributed by atoms with E-state index in [0.29, 0.717) is 57.2 Å². The molecule has 10 heteroatoms. The Morgan fingerprint density at radius 2 is 1.65 bits per heavy atom. The summed E-state index contributed by atoms with van der Waals surface area (Å²) in [4.78, 5) is 15.7. The highest BCUT2D eigenvalue weighted by Crippen LogP contribution is 2.46. The fourth-order valence-corrected chi connectivity index (χ4v) is 4.54. The zero-order chi connectivity index (χ0) is 22.3. The van der Waals surface area contributed by atoms with Gasteiger partial charge in [0.25, 0.3) is 0 Å². The zero-order valence-corrected chi connectivity index (χ0v) is 19.2. The van der Waals surface area contributed by atoms with Crippen LogP contribution < -0.4 is 20.1 Å². The molecule has 1 saturated heterocycles. The molecule has 0 saturated carbocycles. The Hall–Kier alpha value is -2.55. The molecule has 0 amide bonds. The fraction of sp³-hybridized carbons (Fsp3) is 0.381. The summed E-state index contributed by atoms with van der Waals surface area (Å²) >= 11 is 13.3. The van der Waals surface area contributed by atoms with Crippen molar-refractivity contribution >= 4 is 45.9 Å². The van der Waals surface area contributed by atoms with Crippen molar-refractivity contribution < 1.29 is 14.2 Å². The summed E-state index contributed by atoms with van der Waals surface area (Å²) in [6, 6.07) is 3.48. The van der Waals surface area contributed by atoms with Crippen LogP contribution in [0.3, 0.4) is 0 Å². The summed E-state index contributed by atoms with van der Waals surface area (Å²) in [5.41, 5.74) is 7.59. The van der Waals surface area contributed by atoms with Gasteiger partial charge in [0.2, 0.25) is 5.95 Å². The number of nitrogens with zero attached hydrogens (tertiary/aromatic N) is 4. The van der Waals surface area contributed by atoms with Crippen LogP contribution in [0, 0.1) is 0 Å². The van der Waals surface area contributed by atoms with Gasteiger partial charge in [-0.05, 0) is 19.9 Å². The van der Waals surface area contributed by atoms with E-state index in [4.69, 9.17) is 48.1 Å². The third-order valence-electron chi connectivity index (χ3n) is 5.12. The van der Waals surface area contributed by atoms with Crippen molar-refractivity contribution in [3.63, 3.8) is 0 Å². The molecule has 2 N–H and O–H groups in total. The molecule has 2 unspecified atom stereocenters. The number of ether oxygens (including phenoxy) is 3. The topological polar surface area (TPSA) is 95.6 Å². The summed E-state index contributed by atoms with van der Waals surface area (Å²) in [6.07, 6.45) is 1.74. The van der Waals surface area contributed by atoms with Gasteiger partial charge in [0.15, 0.2) is 5.82 Å². The quantitative estimate of drug-likeness (QED) is 0.614. The summed E-state index contributed by atoms with van der Waals surface area (Å²) in [5, 5.41) is 1.44. The van der Waals surface area contributed by atoms with E-state index in [1.165, 1.54) is 14.2 Å². The van der Waals surface area contributed by atoms with Crippen molar-refractivity contribution in [1.82, 2.24) is 15.0 Å². The first kappa shape index (κ1) is 21.7. The number of benzene rings is 1. The van der Waals surface area contributed by atoms with Crippen molar-refractivity contribution in [2.75, 3.05) is 37.9 Å². The molecule has 0 aliphatic carbocycles. The number of hydrogen-bond donors (Lipinski definition) is 1. The summed E-state index contributed by atoms with van der Waals surface area (Å²) in [5.74, 6) is 1.71. The van der Waals surface area contributed by atoms with E-state index >= 15 is 0 Å². The molecular weight excluding hydrogens is 441 g/mol. The lowest BCUT2D eigenvalue weighted by Gasteiger charge is -2.36. The predicted molar refractivity (Wildman–Crippen MR) is 123 cm³/mol. The van der Waals surface area contributed by atoms with E-state index in [2.05, 4.69) is 14.9 Å². The number of fused-ring (bicyclic) bond motifs is 1. The van der Waals surface area contributed by atoms with E-state index in [0.717, 1.165) is 5.39 Å². The van der Waals surface area contributed by atoms with Crippen molar-refractivity contribution in [1.29, 1.82) is 0 Å². The van der Waals surface area contributed by atoms with Crippen LogP contribution in [0.25, 0.3) is 22.2 Å². The van der Waals surface area contributed by atoms with Crippen molar-refractivity contribution in [3.8, 4) is 22.8 Å². The number of hydrogen-bond acceptors (Lipinski definition) is 8. The molecule has 1 fully saturated rings. The highest BCUT2D eigenvalue weighted by Gasteiger charge is 2.27. The van der Waals surface area contributed by atoms with Crippen LogP contribution in [0.1, 0.15) is 13.8 Å². The average molecular weight is 464 g/mol. The molecule has 4 rings (SSSR count). The maximum Gasteiger partial charge on any atom is 0.220 e. The van der Waals surface area contributed by atoms with Gasteiger partial charge in [-0.15, -0.1) is 0 Å². The largest absolute Gasteiger partial charge is 0.495 e. The minimum atomic E-state index is 0.0347. The van der Waals surface area contributed by atoms with Gasteiger partial charge >= 0.3 is 0 Å². The van der Waals surface area contributed by atoms with Gasteiger partial charge in [0.1, 0.15) is 17.0 Å². The predicted octanol–water partition coefficient (Wildman–Crippen LogP) is 4.21. The number of anilines is 2. The summed E-state index contributed by atoms with van der Waals surface area (Å²) in [6.45, 7) is 5.36. The fourth-order valence-electron chi connectivity index (χ4n) is 3.85. The molecule has 8 nitrogen and oxygen atoms in total. The highest BCUT2D eigenvalue weighted by atomic mass is 35.5. The molecule has 1 aromatic carbocycles. The van der Waals surface area contributed by atoms with E-state index in [-0.39, 0.29) is 18.2 Å². The zero-order valence-electron chi connectivity index (χ0n) is 17.6. The van der Waals surface area contributed by atoms with E-state index in [1.807, 2.05) is 19.9 Å². The maximum atomic E-state index is 6.65. The molecule has 0 bridgehead atoms. The molecule has 2 aromatic heterocycles. The van der Waals surface area contributed by atoms with Gasteiger partial charge in [0, 0.05) is 36.3 Å². The van der Waals surface area contributed by atoms with E-state index in [9.17, 15) is 0 Å². The Kier molecular flexibility index (Phi) is 5.96. The number of nitrogen functional groups attached to an aromatic ring is 1. The number of halogens is 2. The Morgan fingerprint density at radius 1 is 1.03 bits per heavy atom. The number of morpholine rings is 1. The second-order valence-electron chi connectivity index (χ2n) is 7.44.